The third-order valence-corrected chi connectivity index (χ3v) is 3.56. The first-order valence-corrected chi connectivity index (χ1v) is 6.54. The Morgan fingerprint density at radius 1 is 1.48 bits per heavy atom. The highest BCUT2D eigenvalue weighted by atomic mass is 19.1. The molecule has 1 heterocycles. The van der Waals surface area contributed by atoms with E-state index in [-0.39, 0.29) is 6.04 Å². The molecular weight excluding hydrogens is 284 g/mol. The number of likely N-dealkylation sites (tertiary alicyclic amines) is 1. The molecule has 1 fully saturated rings. The minimum atomic E-state index is -1.29. The minimum Gasteiger partial charge on any atom is -0.337 e. The maximum atomic E-state index is 14.0. The Morgan fingerprint density at radius 2 is 2.19 bits per heavy atom. The normalized spacial score (nSPS) is 18.6. The fourth-order valence-electron chi connectivity index (χ4n) is 2.43. The quantitative estimate of drug-likeness (QED) is 0.681. The number of nitrogens with zero attached hydrogens (tertiary/aromatic N) is 2. The summed E-state index contributed by atoms with van der Waals surface area (Å²) in [6, 6.07) is 1.25. The van der Waals surface area contributed by atoms with Crippen LogP contribution in [0.2, 0.25) is 0 Å². The van der Waals surface area contributed by atoms with Crippen LogP contribution in [0.15, 0.2) is 12.1 Å². The van der Waals surface area contributed by atoms with E-state index in [2.05, 4.69) is 5.32 Å². The van der Waals surface area contributed by atoms with Crippen molar-refractivity contribution in [1.82, 2.24) is 10.2 Å². The standard InChI is InChI=1S/C13H15F2N3O3/c1-16-9-3-2-4-17(7-9)13(19)10-5-8(14)6-11(12(10)15)18(20)21/h5-6,9,16H,2-4,7H2,1H3. The molecule has 0 aromatic heterocycles. The molecule has 2 rings (SSSR count). The lowest BCUT2D eigenvalue weighted by Gasteiger charge is -2.32. The fourth-order valence-corrected chi connectivity index (χ4v) is 2.43. The molecule has 1 N–H and O–H groups in total. The summed E-state index contributed by atoms with van der Waals surface area (Å²) >= 11 is 0. The van der Waals surface area contributed by atoms with Gasteiger partial charge >= 0.3 is 5.69 Å². The summed E-state index contributed by atoms with van der Waals surface area (Å²) in [6.45, 7) is 0.778. The van der Waals surface area contributed by atoms with Gasteiger partial charge in [0, 0.05) is 19.1 Å². The predicted molar refractivity (Wildman–Crippen MR) is 71.0 cm³/mol. The summed E-state index contributed by atoms with van der Waals surface area (Å²) in [5.41, 5.74) is -1.63. The number of piperidine rings is 1. The van der Waals surface area contributed by atoms with Gasteiger partial charge in [-0.3, -0.25) is 14.9 Å². The Hall–Kier alpha value is -2.09. The molecule has 0 aliphatic carbocycles. The number of carbonyl (C=O) groups excluding carboxylic acids is 1. The van der Waals surface area contributed by atoms with Gasteiger partial charge in [-0.1, -0.05) is 0 Å². The molecule has 0 spiro atoms. The van der Waals surface area contributed by atoms with Gasteiger partial charge in [0.1, 0.15) is 5.82 Å². The van der Waals surface area contributed by atoms with E-state index in [4.69, 9.17) is 0 Å². The van der Waals surface area contributed by atoms with Crippen LogP contribution in [0, 0.1) is 21.7 Å². The second-order valence-corrected chi connectivity index (χ2v) is 4.92. The summed E-state index contributed by atoms with van der Waals surface area (Å²) in [4.78, 5) is 23.3. The summed E-state index contributed by atoms with van der Waals surface area (Å²) < 4.78 is 27.4. The number of hydrogen-bond donors (Lipinski definition) is 1. The Balaban J connectivity index is 2.33. The van der Waals surface area contributed by atoms with Gasteiger partial charge < -0.3 is 10.2 Å². The van der Waals surface area contributed by atoms with E-state index in [1.807, 2.05) is 0 Å². The van der Waals surface area contributed by atoms with Crippen LogP contribution in [-0.4, -0.2) is 41.9 Å². The second-order valence-electron chi connectivity index (χ2n) is 4.92. The van der Waals surface area contributed by atoms with Crippen LogP contribution < -0.4 is 5.32 Å². The predicted octanol–water partition coefficient (Wildman–Crippen LogP) is 1.70. The Labute approximate surface area is 119 Å². The van der Waals surface area contributed by atoms with Crippen LogP contribution in [0.25, 0.3) is 0 Å². The molecule has 0 bridgehead atoms. The molecule has 1 atom stereocenters. The Kier molecular flexibility index (Phi) is 4.46. The van der Waals surface area contributed by atoms with Crippen LogP contribution in [0.5, 0.6) is 0 Å². The first kappa shape index (κ1) is 15.3. The minimum absolute atomic E-state index is 0.0781. The van der Waals surface area contributed by atoms with E-state index in [0.29, 0.717) is 25.2 Å². The average molecular weight is 299 g/mol. The SMILES string of the molecule is CNC1CCCN(C(=O)c2cc(F)cc([N+](=O)[O-])c2F)C1. The zero-order valence-electron chi connectivity index (χ0n) is 11.4. The first-order valence-electron chi connectivity index (χ1n) is 6.54. The summed E-state index contributed by atoms with van der Waals surface area (Å²) in [5, 5.41) is 13.7. The summed E-state index contributed by atoms with van der Waals surface area (Å²) in [6.07, 6.45) is 1.61. The molecule has 1 aromatic rings. The third kappa shape index (κ3) is 3.15. The number of benzene rings is 1. The number of hydrogen-bond acceptors (Lipinski definition) is 4. The molecule has 6 nitrogen and oxygen atoms in total. The van der Waals surface area contributed by atoms with Crippen molar-refractivity contribution in [3.63, 3.8) is 0 Å². The van der Waals surface area contributed by atoms with Gasteiger partial charge in [-0.15, -0.1) is 0 Å². The van der Waals surface area contributed by atoms with Gasteiger partial charge in [0.25, 0.3) is 5.91 Å². The van der Waals surface area contributed by atoms with E-state index >= 15 is 0 Å². The van der Waals surface area contributed by atoms with Crippen molar-refractivity contribution in [2.75, 3.05) is 20.1 Å². The van der Waals surface area contributed by atoms with Crippen molar-refractivity contribution in [3.8, 4) is 0 Å². The molecule has 21 heavy (non-hydrogen) atoms. The zero-order chi connectivity index (χ0) is 15.6. The summed E-state index contributed by atoms with van der Waals surface area (Å²) in [7, 11) is 1.76. The zero-order valence-corrected chi connectivity index (χ0v) is 11.4. The lowest BCUT2D eigenvalue weighted by Crippen LogP contribution is -2.47. The van der Waals surface area contributed by atoms with E-state index in [1.54, 1.807) is 7.05 Å². The monoisotopic (exact) mass is 299 g/mol. The van der Waals surface area contributed by atoms with E-state index in [9.17, 15) is 23.7 Å². The maximum absolute atomic E-state index is 14.0. The van der Waals surface area contributed by atoms with Crippen LogP contribution in [0.4, 0.5) is 14.5 Å². The van der Waals surface area contributed by atoms with Gasteiger partial charge in [0.15, 0.2) is 0 Å². The average Bonchev–Trinajstić information content (AvgIpc) is 2.48. The van der Waals surface area contributed by atoms with Crippen LogP contribution in [0.1, 0.15) is 23.2 Å². The van der Waals surface area contributed by atoms with Crippen LogP contribution in [-0.2, 0) is 0 Å². The van der Waals surface area contributed by atoms with Crippen molar-refractivity contribution >= 4 is 11.6 Å². The van der Waals surface area contributed by atoms with Crippen molar-refractivity contribution < 1.29 is 18.5 Å². The topological polar surface area (TPSA) is 75.5 Å². The van der Waals surface area contributed by atoms with Gasteiger partial charge in [0.2, 0.25) is 5.82 Å². The molecule has 114 valence electrons. The molecule has 1 aliphatic rings. The molecule has 0 radical (unpaired) electrons. The largest absolute Gasteiger partial charge is 0.337 e. The number of nitro benzene ring substituents is 1. The highest BCUT2D eigenvalue weighted by Gasteiger charge is 2.29. The van der Waals surface area contributed by atoms with E-state index in [1.165, 1.54) is 4.90 Å². The Morgan fingerprint density at radius 3 is 2.81 bits per heavy atom. The van der Waals surface area contributed by atoms with Crippen molar-refractivity contribution in [2.45, 2.75) is 18.9 Å². The van der Waals surface area contributed by atoms with E-state index in [0.717, 1.165) is 12.8 Å². The lowest BCUT2D eigenvalue weighted by atomic mass is 10.0. The smallest absolute Gasteiger partial charge is 0.308 e. The second kappa shape index (κ2) is 6.13. The molecule has 1 amide bonds. The van der Waals surface area contributed by atoms with Crippen molar-refractivity contribution in [3.05, 3.63) is 39.4 Å². The molecular formula is C13H15F2N3O3. The van der Waals surface area contributed by atoms with Gasteiger partial charge in [-0.05, 0) is 26.0 Å². The van der Waals surface area contributed by atoms with Crippen LogP contribution >= 0.6 is 0 Å². The van der Waals surface area contributed by atoms with Gasteiger partial charge in [-0.25, -0.2) is 4.39 Å². The fraction of sp³-hybridized carbons (Fsp3) is 0.462. The summed E-state index contributed by atoms with van der Waals surface area (Å²) in [5.74, 6) is -3.03. The van der Waals surface area contributed by atoms with Crippen molar-refractivity contribution in [2.24, 2.45) is 0 Å². The number of rotatable bonds is 3. The molecule has 1 aromatic carbocycles. The first-order chi connectivity index (χ1) is 9.93. The highest BCUT2D eigenvalue weighted by molar-refractivity contribution is 5.95. The maximum Gasteiger partial charge on any atom is 0.308 e. The Bertz CT molecular complexity index is 580. The number of amides is 1. The molecule has 8 heteroatoms. The molecule has 1 unspecified atom stereocenters. The molecule has 1 aliphatic heterocycles. The number of likely N-dealkylation sites (N-methyl/N-ethyl adjacent to an activating group) is 1. The highest BCUT2D eigenvalue weighted by Crippen LogP contribution is 2.24. The number of nitrogens with one attached hydrogen (secondary N) is 1. The molecule has 1 saturated heterocycles. The number of halogens is 2. The molecule has 0 saturated carbocycles. The third-order valence-electron chi connectivity index (χ3n) is 3.56. The van der Waals surface area contributed by atoms with Crippen molar-refractivity contribution in [1.29, 1.82) is 0 Å². The number of nitro groups is 1. The van der Waals surface area contributed by atoms with E-state index < -0.39 is 33.7 Å². The van der Waals surface area contributed by atoms with Crippen LogP contribution in [0.3, 0.4) is 0 Å². The van der Waals surface area contributed by atoms with Gasteiger partial charge in [-0.2, -0.15) is 4.39 Å². The number of carbonyl (C=O) groups is 1. The van der Waals surface area contributed by atoms with Gasteiger partial charge in [0.05, 0.1) is 16.6 Å². The lowest BCUT2D eigenvalue weighted by molar-refractivity contribution is -0.387.